The average molecular weight is 513 g/mol. The van der Waals surface area contributed by atoms with Crippen molar-refractivity contribution >= 4 is 40.0 Å². The summed E-state index contributed by atoms with van der Waals surface area (Å²) in [6.07, 6.45) is 2.96. The Bertz CT molecular complexity index is 1470. The number of nitrogens with zero attached hydrogens (tertiary/aromatic N) is 6. The van der Waals surface area contributed by atoms with Crippen molar-refractivity contribution in [2.24, 2.45) is 7.05 Å². The van der Waals surface area contributed by atoms with Crippen LogP contribution in [0.25, 0.3) is 22.6 Å². The number of carbonyl (C=O) groups is 1. The third-order valence-corrected chi connectivity index (χ3v) is 6.84. The maximum Gasteiger partial charge on any atom is 0.247 e. The minimum Gasteiger partial charge on any atom is -0.494 e. The first-order valence-electron chi connectivity index (χ1n) is 12.6. The van der Waals surface area contributed by atoms with Gasteiger partial charge in [-0.2, -0.15) is 0 Å². The predicted octanol–water partition coefficient (Wildman–Crippen LogP) is 4.05. The molecule has 196 valence electrons. The number of rotatable bonds is 8. The zero-order valence-corrected chi connectivity index (χ0v) is 21.9. The van der Waals surface area contributed by atoms with Crippen LogP contribution in [0.4, 0.5) is 23.0 Å². The van der Waals surface area contributed by atoms with Gasteiger partial charge in [0, 0.05) is 45.5 Å². The molecule has 0 radical (unpaired) electrons. The molecule has 0 aliphatic carbocycles. The molecule has 2 N–H and O–H groups in total. The smallest absolute Gasteiger partial charge is 0.247 e. The van der Waals surface area contributed by atoms with Gasteiger partial charge >= 0.3 is 0 Å². The van der Waals surface area contributed by atoms with Crippen LogP contribution in [0.1, 0.15) is 6.92 Å². The minimum absolute atomic E-state index is 0.283. The van der Waals surface area contributed by atoms with E-state index in [9.17, 15) is 4.79 Å². The highest BCUT2D eigenvalue weighted by molar-refractivity contribution is 6.02. The predicted molar refractivity (Wildman–Crippen MR) is 151 cm³/mol. The Morgan fingerprint density at radius 2 is 1.89 bits per heavy atom. The average Bonchev–Trinajstić information content (AvgIpc) is 3.29. The van der Waals surface area contributed by atoms with E-state index in [2.05, 4.69) is 38.9 Å². The van der Waals surface area contributed by atoms with Gasteiger partial charge in [0.1, 0.15) is 11.4 Å². The number of methoxy groups -OCH3 is 1. The summed E-state index contributed by atoms with van der Waals surface area (Å²) in [4.78, 5) is 30.9. The summed E-state index contributed by atoms with van der Waals surface area (Å²) in [6, 6.07) is 13.6. The van der Waals surface area contributed by atoms with Gasteiger partial charge in [-0.1, -0.05) is 25.6 Å². The van der Waals surface area contributed by atoms with Crippen molar-refractivity contribution < 1.29 is 9.53 Å². The van der Waals surface area contributed by atoms with Gasteiger partial charge in [-0.15, -0.1) is 0 Å². The van der Waals surface area contributed by atoms with Crippen molar-refractivity contribution in [2.75, 3.05) is 55.4 Å². The molecule has 3 heterocycles. The molecule has 0 spiro atoms. The van der Waals surface area contributed by atoms with E-state index in [0.29, 0.717) is 28.8 Å². The van der Waals surface area contributed by atoms with Crippen molar-refractivity contribution in [2.45, 2.75) is 6.92 Å². The highest BCUT2D eigenvalue weighted by Crippen LogP contribution is 2.38. The number of carbonyl (C=O) groups excluding carboxylic acids is 1. The number of benzene rings is 2. The number of amides is 1. The van der Waals surface area contributed by atoms with Crippen molar-refractivity contribution in [3.8, 4) is 17.3 Å². The molecule has 0 bridgehead atoms. The lowest BCUT2D eigenvalue weighted by molar-refractivity contribution is -0.111. The maximum atomic E-state index is 12.3. The summed E-state index contributed by atoms with van der Waals surface area (Å²) in [5, 5.41) is 6.23. The second-order valence-electron chi connectivity index (χ2n) is 9.06. The molecule has 1 aliphatic rings. The number of aryl methyl sites for hydroxylation is 1. The maximum absolute atomic E-state index is 12.3. The highest BCUT2D eigenvalue weighted by Gasteiger charge is 2.22. The number of imidazole rings is 1. The largest absolute Gasteiger partial charge is 0.494 e. The van der Waals surface area contributed by atoms with Crippen molar-refractivity contribution in [3.05, 3.63) is 61.3 Å². The second kappa shape index (κ2) is 10.9. The van der Waals surface area contributed by atoms with Crippen LogP contribution in [0.2, 0.25) is 0 Å². The van der Waals surface area contributed by atoms with Crippen LogP contribution in [0.15, 0.2) is 61.3 Å². The van der Waals surface area contributed by atoms with Crippen LogP contribution < -0.4 is 20.3 Å². The van der Waals surface area contributed by atoms with Gasteiger partial charge in [-0.05, 0) is 36.9 Å². The number of ether oxygens (including phenoxy) is 1. The summed E-state index contributed by atoms with van der Waals surface area (Å²) >= 11 is 0. The molecular weight excluding hydrogens is 480 g/mol. The molecule has 2 aromatic heterocycles. The molecule has 2 aromatic carbocycles. The van der Waals surface area contributed by atoms with Crippen LogP contribution in [-0.4, -0.2) is 70.2 Å². The van der Waals surface area contributed by atoms with E-state index < -0.39 is 0 Å². The number of nitrogens with one attached hydrogen (secondary N) is 2. The van der Waals surface area contributed by atoms with Crippen LogP contribution in [0, 0.1) is 0 Å². The molecule has 10 nitrogen and oxygen atoms in total. The SMILES string of the molecule is C=CC(=O)Nc1cc(Nc2nccc(-c3nc4ccccc4n3C)n2)c(OC)cc1N1CCN(CC)CC1. The van der Waals surface area contributed by atoms with E-state index in [-0.39, 0.29) is 5.91 Å². The van der Waals surface area contributed by atoms with E-state index in [0.717, 1.165) is 55.3 Å². The van der Waals surface area contributed by atoms with E-state index in [4.69, 9.17) is 14.7 Å². The number of anilines is 4. The molecule has 1 amide bonds. The van der Waals surface area contributed by atoms with E-state index in [1.807, 2.05) is 54.1 Å². The lowest BCUT2D eigenvalue weighted by Crippen LogP contribution is -2.46. The zero-order chi connectivity index (χ0) is 26.6. The lowest BCUT2D eigenvalue weighted by atomic mass is 10.1. The molecule has 0 saturated carbocycles. The number of likely N-dealkylation sites (N-methyl/N-ethyl adjacent to an activating group) is 1. The van der Waals surface area contributed by atoms with Gasteiger partial charge in [0.2, 0.25) is 11.9 Å². The summed E-state index contributed by atoms with van der Waals surface area (Å²) in [5.41, 5.74) is 4.80. The fourth-order valence-electron chi connectivity index (χ4n) is 4.72. The monoisotopic (exact) mass is 512 g/mol. The first kappa shape index (κ1) is 25.2. The summed E-state index contributed by atoms with van der Waals surface area (Å²) in [5.74, 6) is 1.46. The summed E-state index contributed by atoms with van der Waals surface area (Å²) < 4.78 is 7.76. The van der Waals surface area contributed by atoms with Crippen LogP contribution in [0.5, 0.6) is 5.75 Å². The number of fused-ring (bicyclic) bond motifs is 1. The molecular formula is C28H32N8O2. The van der Waals surface area contributed by atoms with Gasteiger partial charge in [-0.3, -0.25) is 4.79 Å². The highest BCUT2D eigenvalue weighted by atomic mass is 16.5. The van der Waals surface area contributed by atoms with Crippen LogP contribution in [-0.2, 0) is 11.8 Å². The molecule has 1 saturated heterocycles. The molecule has 4 aromatic rings. The second-order valence-corrected chi connectivity index (χ2v) is 9.06. The number of para-hydroxylation sites is 2. The van der Waals surface area contributed by atoms with Gasteiger partial charge in [0.05, 0.1) is 35.2 Å². The Hall–Kier alpha value is -4.44. The number of piperazine rings is 1. The first-order chi connectivity index (χ1) is 18.5. The Morgan fingerprint density at radius 3 is 2.61 bits per heavy atom. The Labute approximate surface area is 222 Å². The standard InChI is InChI=1S/C28H32N8O2/c1-5-26(37)30-21-17-22(25(38-4)18-24(21)36-15-13-35(6-2)14-16-36)33-28-29-12-11-20(32-28)27-31-19-9-7-8-10-23(19)34(27)3/h5,7-12,17-18H,1,6,13-16H2,2-4H3,(H,30,37)(H,29,32,33). The molecule has 10 heteroatoms. The minimum atomic E-state index is -0.283. The Kier molecular flexibility index (Phi) is 7.23. The van der Waals surface area contributed by atoms with Gasteiger partial charge < -0.3 is 29.7 Å². The number of hydrogen-bond donors (Lipinski definition) is 2. The lowest BCUT2D eigenvalue weighted by Gasteiger charge is -2.36. The molecule has 0 atom stereocenters. The van der Waals surface area contributed by atoms with Gasteiger partial charge in [0.25, 0.3) is 0 Å². The third kappa shape index (κ3) is 5.03. The molecule has 1 aliphatic heterocycles. The van der Waals surface area contributed by atoms with E-state index in [1.165, 1.54) is 6.08 Å². The van der Waals surface area contributed by atoms with Crippen molar-refractivity contribution in [1.82, 2.24) is 24.4 Å². The zero-order valence-electron chi connectivity index (χ0n) is 21.9. The fraction of sp³-hybridized carbons (Fsp3) is 0.286. The molecule has 1 fully saturated rings. The summed E-state index contributed by atoms with van der Waals surface area (Å²) in [6.45, 7) is 10.4. The number of hydrogen-bond acceptors (Lipinski definition) is 8. The van der Waals surface area contributed by atoms with Gasteiger partial charge in [-0.25, -0.2) is 15.0 Å². The first-order valence-corrected chi connectivity index (χ1v) is 12.6. The van der Waals surface area contributed by atoms with Crippen molar-refractivity contribution in [3.63, 3.8) is 0 Å². The Morgan fingerprint density at radius 1 is 1.11 bits per heavy atom. The normalized spacial score (nSPS) is 13.9. The van der Waals surface area contributed by atoms with Crippen LogP contribution >= 0.6 is 0 Å². The molecule has 38 heavy (non-hydrogen) atoms. The van der Waals surface area contributed by atoms with Gasteiger partial charge in [0.15, 0.2) is 5.82 Å². The molecule has 0 unspecified atom stereocenters. The van der Waals surface area contributed by atoms with E-state index >= 15 is 0 Å². The summed E-state index contributed by atoms with van der Waals surface area (Å²) in [7, 11) is 3.59. The topological polar surface area (TPSA) is 100 Å². The number of aromatic nitrogens is 4. The van der Waals surface area contributed by atoms with Crippen molar-refractivity contribution in [1.29, 1.82) is 0 Å². The third-order valence-electron chi connectivity index (χ3n) is 6.84. The van der Waals surface area contributed by atoms with Crippen LogP contribution in [0.3, 0.4) is 0 Å². The fourth-order valence-corrected chi connectivity index (χ4v) is 4.72. The molecule has 5 rings (SSSR count). The van der Waals surface area contributed by atoms with E-state index in [1.54, 1.807) is 13.3 Å². The quantitative estimate of drug-likeness (QED) is 0.341. The Balaban J connectivity index is 1.48.